The van der Waals surface area contributed by atoms with Gasteiger partial charge in [0.05, 0.1) is 19.4 Å². The van der Waals surface area contributed by atoms with Gasteiger partial charge in [0, 0.05) is 13.1 Å². The van der Waals surface area contributed by atoms with E-state index in [9.17, 15) is 8.42 Å². The number of nitrogens with two attached hydrogens (primary N) is 1. The molecule has 7 nitrogen and oxygen atoms in total. The molecule has 0 saturated heterocycles. The molecule has 0 spiro atoms. The van der Waals surface area contributed by atoms with Crippen molar-refractivity contribution < 1.29 is 13.2 Å². The van der Waals surface area contributed by atoms with Crippen LogP contribution in [0, 0.1) is 0 Å². The summed E-state index contributed by atoms with van der Waals surface area (Å²) in [4.78, 5) is 4.38. The molecule has 1 aromatic carbocycles. The van der Waals surface area contributed by atoms with Crippen LogP contribution in [0.15, 0.2) is 29.3 Å². The second-order valence-electron chi connectivity index (χ2n) is 4.34. The molecular weight excluding hydrogens is 419 g/mol. The maximum atomic E-state index is 10.9. The predicted molar refractivity (Wildman–Crippen MR) is 99.2 cm³/mol. The summed E-state index contributed by atoms with van der Waals surface area (Å²) < 4.78 is 26.9. The van der Waals surface area contributed by atoms with Crippen molar-refractivity contribution in [2.24, 2.45) is 10.1 Å². The minimum absolute atomic E-state index is 0. The Labute approximate surface area is 148 Å². The number of guanidine groups is 1. The molecule has 0 aliphatic rings. The first-order valence-electron chi connectivity index (χ1n) is 6.60. The van der Waals surface area contributed by atoms with Gasteiger partial charge in [0.25, 0.3) is 0 Å². The van der Waals surface area contributed by atoms with E-state index in [2.05, 4.69) is 15.6 Å². The largest absolute Gasteiger partial charge is 0.497 e. The van der Waals surface area contributed by atoms with E-state index >= 15 is 0 Å². The van der Waals surface area contributed by atoms with Crippen LogP contribution in [0.5, 0.6) is 5.75 Å². The van der Waals surface area contributed by atoms with Crippen LogP contribution in [-0.4, -0.2) is 40.3 Å². The Bertz CT molecular complexity index is 578. The number of methoxy groups -OCH3 is 1. The van der Waals surface area contributed by atoms with Crippen LogP contribution in [-0.2, 0) is 16.6 Å². The molecule has 0 radical (unpaired) electrons. The average molecular weight is 442 g/mol. The van der Waals surface area contributed by atoms with E-state index in [0.29, 0.717) is 19.0 Å². The zero-order chi connectivity index (χ0) is 15.7. The Morgan fingerprint density at radius 3 is 2.68 bits per heavy atom. The highest BCUT2D eigenvalue weighted by atomic mass is 127. The number of nitrogens with one attached hydrogen (secondary N) is 2. The van der Waals surface area contributed by atoms with Crippen molar-refractivity contribution in [3.05, 3.63) is 29.8 Å². The fourth-order valence-electron chi connectivity index (χ4n) is 1.59. The molecule has 0 saturated carbocycles. The van der Waals surface area contributed by atoms with Crippen LogP contribution in [0.1, 0.15) is 12.5 Å². The first-order chi connectivity index (χ1) is 9.94. The summed E-state index contributed by atoms with van der Waals surface area (Å²) in [7, 11) is -1.86. The highest BCUT2D eigenvalue weighted by Crippen LogP contribution is 2.12. The first kappa shape index (κ1) is 20.9. The molecular formula is C13H23IN4O3S. The van der Waals surface area contributed by atoms with Gasteiger partial charge in [0.1, 0.15) is 5.75 Å². The fourth-order valence-corrected chi connectivity index (χ4v) is 1.98. The zero-order valence-electron chi connectivity index (χ0n) is 12.7. The number of sulfonamides is 1. The van der Waals surface area contributed by atoms with Crippen molar-refractivity contribution in [1.82, 2.24) is 10.6 Å². The van der Waals surface area contributed by atoms with Gasteiger partial charge in [0.2, 0.25) is 10.0 Å². The van der Waals surface area contributed by atoms with E-state index in [1.54, 1.807) is 7.11 Å². The maximum absolute atomic E-state index is 10.9. The molecule has 0 aliphatic carbocycles. The number of primary sulfonamides is 1. The van der Waals surface area contributed by atoms with Crippen molar-refractivity contribution in [1.29, 1.82) is 0 Å². The van der Waals surface area contributed by atoms with E-state index in [0.717, 1.165) is 11.3 Å². The summed E-state index contributed by atoms with van der Waals surface area (Å²) in [5.74, 6) is 1.18. The Kier molecular flexibility index (Phi) is 10.1. The van der Waals surface area contributed by atoms with Crippen molar-refractivity contribution >= 4 is 40.0 Å². The number of benzene rings is 1. The van der Waals surface area contributed by atoms with Gasteiger partial charge in [-0.05, 0) is 24.6 Å². The average Bonchev–Trinajstić information content (AvgIpc) is 2.43. The van der Waals surface area contributed by atoms with Gasteiger partial charge in [-0.25, -0.2) is 18.5 Å². The number of ether oxygens (including phenoxy) is 1. The molecule has 0 unspecified atom stereocenters. The standard InChI is InChI=1S/C13H22N4O3S.HI/c1-3-15-13(16-7-8-21(14,18)19)17-10-11-5-4-6-12(9-11)20-2;/h4-6,9H,3,7-8,10H2,1-2H3,(H2,14,18,19)(H2,15,16,17);1H. The van der Waals surface area contributed by atoms with E-state index in [4.69, 9.17) is 9.88 Å². The van der Waals surface area contributed by atoms with Gasteiger partial charge >= 0.3 is 0 Å². The third-order valence-corrected chi connectivity index (χ3v) is 3.35. The Hall–Kier alpha value is -1.07. The third-order valence-electron chi connectivity index (χ3n) is 2.58. The van der Waals surface area contributed by atoms with E-state index in [-0.39, 0.29) is 36.3 Å². The lowest BCUT2D eigenvalue weighted by Crippen LogP contribution is -2.40. The highest BCUT2D eigenvalue weighted by molar-refractivity contribution is 14.0. The minimum atomic E-state index is -3.47. The molecule has 0 aliphatic heterocycles. The molecule has 0 fully saturated rings. The lowest BCUT2D eigenvalue weighted by Gasteiger charge is -2.10. The van der Waals surface area contributed by atoms with E-state index in [1.807, 2.05) is 31.2 Å². The highest BCUT2D eigenvalue weighted by Gasteiger charge is 2.03. The number of hydrogen-bond donors (Lipinski definition) is 3. The molecule has 126 valence electrons. The maximum Gasteiger partial charge on any atom is 0.210 e. The predicted octanol–water partition coefficient (Wildman–Crippen LogP) is 0.657. The molecule has 0 heterocycles. The van der Waals surface area contributed by atoms with Crippen LogP contribution in [0.2, 0.25) is 0 Å². The minimum Gasteiger partial charge on any atom is -0.497 e. The van der Waals surface area contributed by atoms with E-state index in [1.165, 1.54) is 0 Å². The number of hydrogen-bond acceptors (Lipinski definition) is 4. The smallest absolute Gasteiger partial charge is 0.210 e. The molecule has 0 atom stereocenters. The Balaban J connectivity index is 0.00000441. The molecule has 0 aromatic heterocycles. The summed E-state index contributed by atoms with van der Waals surface area (Å²) in [5, 5.41) is 10.9. The van der Waals surface area contributed by atoms with Crippen LogP contribution in [0.3, 0.4) is 0 Å². The Morgan fingerprint density at radius 2 is 2.09 bits per heavy atom. The number of aliphatic imine (C=N–C) groups is 1. The van der Waals surface area contributed by atoms with Gasteiger partial charge in [-0.2, -0.15) is 0 Å². The zero-order valence-corrected chi connectivity index (χ0v) is 15.9. The molecule has 1 rings (SSSR count). The van der Waals surface area contributed by atoms with Crippen LogP contribution < -0.4 is 20.5 Å². The van der Waals surface area contributed by atoms with Crippen molar-refractivity contribution in [3.8, 4) is 5.75 Å². The molecule has 22 heavy (non-hydrogen) atoms. The van der Waals surface area contributed by atoms with Crippen LogP contribution in [0.4, 0.5) is 0 Å². The second-order valence-corrected chi connectivity index (χ2v) is 6.07. The summed E-state index contributed by atoms with van der Waals surface area (Å²) in [5.41, 5.74) is 0.998. The van der Waals surface area contributed by atoms with Crippen LogP contribution >= 0.6 is 24.0 Å². The SMILES string of the molecule is CCNC(=NCc1cccc(OC)c1)NCCS(N)(=O)=O.I. The lowest BCUT2D eigenvalue weighted by atomic mass is 10.2. The monoisotopic (exact) mass is 442 g/mol. The van der Waals surface area contributed by atoms with Crippen molar-refractivity contribution in [2.75, 3.05) is 26.0 Å². The normalized spacial score (nSPS) is 11.5. The first-order valence-corrected chi connectivity index (χ1v) is 8.31. The molecule has 9 heteroatoms. The van der Waals surface area contributed by atoms with Gasteiger partial charge in [0.15, 0.2) is 5.96 Å². The van der Waals surface area contributed by atoms with E-state index < -0.39 is 10.0 Å². The topological polar surface area (TPSA) is 106 Å². The fraction of sp³-hybridized carbons (Fsp3) is 0.462. The molecule has 0 bridgehead atoms. The molecule has 4 N–H and O–H groups in total. The molecule has 1 aromatic rings. The summed E-state index contributed by atoms with van der Waals surface area (Å²) in [6.45, 7) is 3.28. The van der Waals surface area contributed by atoms with Gasteiger partial charge < -0.3 is 15.4 Å². The summed E-state index contributed by atoms with van der Waals surface area (Å²) >= 11 is 0. The van der Waals surface area contributed by atoms with Crippen molar-refractivity contribution in [3.63, 3.8) is 0 Å². The Morgan fingerprint density at radius 1 is 1.36 bits per heavy atom. The van der Waals surface area contributed by atoms with Crippen molar-refractivity contribution in [2.45, 2.75) is 13.5 Å². The van der Waals surface area contributed by atoms with Gasteiger partial charge in [-0.1, -0.05) is 12.1 Å². The van der Waals surface area contributed by atoms with Gasteiger partial charge in [-0.3, -0.25) is 0 Å². The quantitative estimate of drug-likeness (QED) is 0.327. The second kappa shape index (κ2) is 10.6. The third kappa shape index (κ3) is 9.05. The summed E-state index contributed by atoms with van der Waals surface area (Å²) in [6, 6.07) is 7.60. The number of nitrogens with zero attached hydrogens (tertiary/aromatic N) is 1. The number of rotatable bonds is 7. The lowest BCUT2D eigenvalue weighted by molar-refractivity contribution is 0.414. The van der Waals surface area contributed by atoms with Crippen LogP contribution in [0.25, 0.3) is 0 Å². The van der Waals surface area contributed by atoms with Gasteiger partial charge in [-0.15, -0.1) is 24.0 Å². The molecule has 0 amide bonds. The number of halogens is 1. The summed E-state index contributed by atoms with van der Waals surface area (Å²) in [6.07, 6.45) is 0.